The number of likely N-dealkylation sites (N-methyl/N-ethyl adjacent to an activating group) is 1. The van der Waals surface area contributed by atoms with Gasteiger partial charge in [0.1, 0.15) is 0 Å². The van der Waals surface area contributed by atoms with E-state index in [9.17, 15) is 4.79 Å². The van der Waals surface area contributed by atoms with Gasteiger partial charge in [-0.15, -0.1) is 0 Å². The van der Waals surface area contributed by atoms with E-state index in [1.54, 1.807) is 0 Å². The van der Waals surface area contributed by atoms with Gasteiger partial charge in [0.05, 0.1) is 0 Å². The minimum Gasteiger partial charge on any atom is -0.320 e. The van der Waals surface area contributed by atoms with Crippen molar-refractivity contribution in [3.05, 3.63) is 29.8 Å². The fourth-order valence-electron chi connectivity index (χ4n) is 2.38. The van der Waals surface area contributed by atoms with Gasteiger partial charge in [0.15, 0.2) is 0 Å². The number of aryl methyl sites for hydroxylation is 1. The molecule has 2 N–H and O–H groups in total. The molecule has 4 heteroatoms. The fourth-order valence-corrected chi connectivity index (χ4v) is 2.38. The van der Waals surface area contributed by atoms with Crippen molar-refractivity contribution in [1.82, 2.24) is 10.2 Å². The van der Waals surface area contributed by atoms with E-state index in [2.05, 4.69) is 10.6 Å². The van der Waals surface area contributed by atoms with Crippen molar-refractivity contribution in [3.8, 4) is 0 Å². The molecule has 0 aromatic heterocycles. The summed E-state index contributed by atoms with van der Waals surface area (Å²) in [5.74, 6) is 0. The Morgan fingerprint density at radius 3 is 2.78 bits per heavy atom. The van der Waals surface area contributed by atoms with Gasteiger partial charge in [0.2, 0.25) is 0 Å². The molecule has 2 rings (SSSR count). The lowest BCUT2D eigenvalue weighted by molar-refractivity contribution is 0.206. The summed E-state index contributed by atoms with van der Waals surface area (Å²) >= 11 is 0. The third kappa shape index (κ3) is 3.01. The van der Waals surface area contributed by atoms with Crippen molar-refractivity contribution in [1.29, 1.82) is 0 Å². The highest BCUT2D eigenvalue weighted by Gasteiger charge is 2.27. The van der Waals surface area contributed by atoms with Crippen LogP contribution in [-0.2, 0) is 0 Å². The zero-order chi connectivity index (χ0) is 13.0. The van der Waals surface area contributed by atoms with Gasteiger partial charge >= 0.3 is 6.03 Å². The van der Waals surface area contributed by atoms with Crippen LogP contribution in [0.1, 0.15) is 18.4 Å². The van der Waals surface area contributed by atoms with Gasteiger partial charge in [0.25, 0.3) is 0 Å². The highest BCUT2D eigenvalue weighted by Crippen LogP contribution is 2.18. The molecule has 0 aliphatic carbocycles. The summed E-state index contributed by atoms with van der Waals surface area (Å²) in [5.41, 5.74) is 2.06. The van der Waals surface area contributed by atoms with Crippen LogP contribution in [0.2, 0.25) is 0 Å². The van der Waals surface area contributed by atoms with Crippen molar-refractivity contribution >= 4 is 11.7 Å². The monoisotopic (exact) mass is 247 g/mol. The van der Waals surface area contributed by atoms with Crippen molar-refractivity contribution in [2.75, 3.05) is 25.5 Å². The molecule has 1 aromatic rings. The summed E-state index contributed by atoms with van der Waals surface area (Å²) in [6.45, 7) is 3.75. The first kappa shape index (κ1) is 12.9. The van der Waals surface area contributed by atoms with Crippen LogP contribution in [0.3, 0.4) is 0 Å². The molecule has 0 saturated carbocycles. The number of amides is 2. The first-order valence-corrected chi connectivity index (χ1v) is 6.49. The zero-order valence-electron chi connectivity index (χ0n) is 11.1. The largest absolute Gasteiger partial charge is 0.322 e. The summed E-state index contributed by atoms with van der Waals surface area (Å²) in [7, 11) is 1.92. The number of hydrogen-bond donors (Lipinski definition) is 2. The number of hydrogen-bond acceptors (Lipinski definition) is 2. The number of urea groups is 1. The van der Waals surface area contributed by atoms with Gasteiger partial charge in [-0.3, -0.25) is 0 Å². The average molecular weight is 247 g/mol. The van der Waals surface area contributed by atoms with Crippen LogP contribution in [0.15, 0.2) is 24.3 Å². The minimum absolute atomic E-state index is 0.0107. The van der Waals surface area contributed by atoms with Gasteiger partial charge in [-0.2, -0.15) is 0 Å². The first-order chi connectivity index (χ1) is 8.70. The van der Waals surface area contributed by atoms with Crippen LogP contribution >= 0.6 is 0 Å². The predicted octanol–water partition coefficient (Wildman–Crippen LogP) is 2.21. The Morgan fingerprint density at radius 2 is 2.11 bits per heavy atom. The van der Waals surface area contributed by atoms with E-state index in [0.717, 1.165) is 31.6 Å². The first-order valence-electron chi connectivity index (χ1n) is 6.49. The molecule has 1 aliphatic rings. The van der Waals surface area contributed by atoms with Crippen molar-refractivity contribution < 1.29 is 4.79 Å². The molecule has 1 unspecified atom stereocenters. The van der Waals surface area contributed by atoms with Gasteiger partial charge in [0, 0.05) is 24.8 Å². The normalized spacial score (nSPS) is 19.0. The fraction of sp³-hybridized carbons (Fsp3) is 0.500. The molecule has 1 heterocycles. The molecular formula is C14H21N3O. The molecule has 1 saturated heterocycles. The molecule has 1 aliphatic heterocycles. The van der Waals surface area contributed by atoms with Crippen LogP contribution in [0.5, 0.6) is 0 Å². The van der Waals surface area contributed by atoms with Crippen LogP contribution in [-0.4, -0.2) is 37.1 Å². The van der Waals surface area contributed by atoms with E-state index in [1.807, 2.05) is 43.1 Å². The molecular weight excluding hydrogens is 226 g/mol. The minimum atomic E-state index is 0.0107. The Labute approximate surface area is 108 Å². The maximum Gasteiger partial charge on any atom is 0.322 e. The molecule has 1 fully saturated rings. The third-order valence-corrected chi connectivity index (χ3v) is 3.38. The molecule has 1 atom stereocenters. The topological polar surface area (TPSA) is 44.4 Å². The second kappa shape index (κ2) is 5.87. The third-order valence-electron chi connectivity index (χ3n) is 3.38. The number of benzene rings is 1. The number of likely N-dealkylation sites (tertiary alicyclic amines) is 1. The molecule has 4 nitrogen and oxygen atoms in total. The Bertz CT molecular complexity index is 402. The summed E-state index contributed by atoms with van der Waals surface area (Å²) in [6.07, 6.45) is 2.18. The number of rotatable bonds is 3. The van der Waals surface area contributed by atoms with Gasteiger partial charge in [-0.1, -0.05) is 17.7 Å². The number of carbonyl (C=O) groups excluding carboxylic acids is 1. The molecule has 98 valence electrons. The Morgan fingerprint density at radius 1 is 1.39 bits per heavy atom. The van der Waals surface area contributed by atoms with E-state index < -0.39 is 0 Å². The van der Waals surface area contributed by atoms with Crippen LogP contribution in [0.25, 0.3) is 0 Å². The van der Waals surface area contributed by atoms with Crippen LogP contribution in [0.4, 0.5) is 10.5 Å². The number of carbonyl (C=O) groups is 1. The van der Waals surface area contributed by atoms with Gasteiger partial charge < -0.3 is 15.5 Å². The Balaban J connectivity index is 1.96. The predicted molar refractivity (Wildman–Crippen MR) is 73.9 cm³/mol. The SMILES string of the molecule is CNCC1CCCN1C(=O)Nc1ccc(C)cc1. The van der Waals surface area contributed by atoms with Gasteiger partial charge in [-0.25, -0.2) is 4.79 Å². The number of nitrogens with one attached hydrogen (secondary N) is 2. The number of nitrogens with zero attached hydrogens (tertiary/aromatic N) is 1. The molecule has 0 radical (unpaired) electrons. The standard InChI is InChI=1S/C14H21N3O/c1-11-5-7-12(8-6-11)16-14(18)17-9-3-4-13(17)10-15-2/h5-8,13,15H,3-4,9-10H2,1-2H3,(H,16,18). The van der Waals surface area contributed by atoms with Gasteiger partial charge in [-0.05, 0) is 38.9 Å². The van der Waals surface area contributed by atoms with Crippen LogP contribution < -0.4 is 10.6 Å². The summed E-state index contributed by atoms with van der Waals surface area (Å²) in [4.78, 5) is 14.1. The lowest BCUT2D eigenvalue weighted by Crippen LogP contribution is -2.43. The quantitative estimate of drug-likeness (QED) is 0.860. The summed E-state index contributed by atoms with van der Waals surface area (Å²) in [6, 6.07) is 8.22. The van der Waals surface area contributed by atoms with E-state index in [1.165, 1.54) is 5.56 Å². The maximum atomic E-state index is 12.2. The molecule has 18 heavy (non-hydrogen) atoms. The molecule has 0 bridgehead atoms. The van der Waals surface area contributed by atoms with E-state index in [-0.39, 0.29) is 6.03 Å². The smallest absolute Gasteiger partial charge is 0.320 e. The lowest BCUT2D eigenvalue weighted by atomic mass is 10.2. The Kier molecular flexibility index (Phi) is 4.20. The second-order valence-corrected chi connectivity index (χ2v) is 4.84. The maximum absolute atomic E-state index is 12.2. The van der Waals surface area contributed by atoms with Crippen molar-refractivity contribution in [3.63, 3.8) is 0 Å². The zero-order valence-corrected chi connectivity index (χ0v) is 11.1. The Hall–Kier alpha value is -1.55. The van der Waals surface area contributed by atoms with Crippen molar-refractivity contribution in [2.45, 2.75) is 25.8 Å². The van der Waals surface area contributed by atoms with E-state index >= 15 is 0 Å². The second-order valence-electron chi connectivity index (χ2n) is 4.84. The molecule has 0 spiro atoms. The van der Waals surface area contributed by atoms with E-state index in [0.29, 0.717) is 6.04 Å². The van der Waals surface area contributed by atoms with Crippen LogP contribution in [0, 0.1) is 6.92 Å². The summed E-state index contributed by atoms with van der Waals surface area (Å²) in [5, 5.41) is 6.10. The molecule has 2 amide bonds. The van der Waals surface area contributed by atoms with Crippen molar-refractivity contribution in [2.24, 2.45) is 0 Å². The highest BCUT2D eigenvalue weighted by molar-refractivity contribution is 5.89. The molecule has 1 aromatic carbocycles. The lowest BCUT2D eigenvalue weighted by Gasteiger charge is -2.24. The number of anilines is 1. The highest BCUT2D eigenvalue weighted by atomic mass is 16.2. The summed E-state index contributed by atoms with van der Waals surface area (Å²) < 4.78 is 0. The average Bonchev–Trinajstić information content (AvgIpc) is 2.81. The van der Waals surface area contributed by atoms with E-state index in [4.69, 9.17) is 0 Å².